The van der Waals surface area contributed by atoms with E-state index < -0.39 is 44.6 Å². The summed E-state index contributed by atoms with van der Waals surface area (Å²) in [6, 6.07) is 14.0. The number of nitrogens with zero attached hydrogens (tertiary/aromatic N) is 4. The fraction of sp³-hybridized carbons (Fsp3) is 0.138. The molecule has 1 aliphatic rings. The first-order valence-electron chi connectivity index (χ1n) is 12.7. The van der Waals surface area contributed by atoms with E-state index in [0.29, 0.717) is 26.2 Å². The summed E-state index contributed by atoms with van der Waals surface area (Å²) in [4.78, 5) is 52.3. The van der Waals surface area contributed by atoms with Crippen LogP contribution in [0.25, 0.3) is 6.08 Å². The summed E-state index contributed by atoms with van der Waals surface area (Å²) in [5.74, 6) is -1.05. The molecule has 0 saturated heterocycles. The van der Waals surface area contributed by atoms with Crippen molar-refractivity contribution in [3.8, 4) is 11.5 Å². The second kappa shape index (κ2) is 11.8. The molecule has 43 heavy (non-hydrogen) atoms. The Hall–Kier alpha value is -5.50. The zero-order chi connectivity index (χ0) is 30.8. The van der Waals surface area contributed by atoms with Crippen molar-refractivity contribution in [2.24, 2.45) is 4.99 Å². The topological polar surface area (TPSA) is 156 Å². The molecule has 5 rings (SSSR count). The van der Waals surface area contributed by atoms with E-state index in [0.717, 1.165) is 29.5 Å². The summed E-state index contributed by atoms with van der Waals surface area (Å²) in [5, 5.41) is 22.4. The molecule has 3 aromatic carbocycles. The Morgan fingerprint density at radius 1 is 1.07 bits per heavy atom. The molecule has 14 heteroatoms. The normalized spacial score (nSPS) is 14.6. The molecule has 0 N–H and O–H groups in total. The lowest BCUT2D eigenvalue weighted by Crippen LogP contribution is -2.39. The van der Waals surface area contributed by atoms with Crippen molar-refractivity contribution >= 4 is 34.8 Å². The van der Waals surface area contributed by atoms with Gasteiger partial charge in [-0.25, -0.2) is 14.2 Å². The molecule has 0 radical (unpaired) electrons. The Kier molecular flexibility index (Phi) is 7.94. The van der Waals surface area contributed by atoms with Gasteiger partial charge in [0, 0.05) is 6.07 Å². The highest BCUT2D eigenvalue weighted by Crippen LogP contribution is 2.34. The number of allylic oxidation sites excluding steroid dienone is 1. The molecule has 0 unspecified atom stereocenters. The first-order chi connectivity index (χ1) is 20.6. The lowest BCUT2D eigenvalue weighted by molar-refractivity contribution is -0.394. The van der Waals surface area contributed by atoms with E-state index in [2.05, 4.69) is 4.99 Å². The second-order valence-electron chi connectivity index (χ2n) is 9.19. The van der Waals surface area contributed by atoms with Crippen LogP contribution in [-0.2, 0) is 9.53 Å². The number of fused-ring (bicyclic) bond motifs is 1. The number of non-ortho nitro benzene ring substituents is 1. The number of nitro groups is 2. The molecule has 4 aromatic rings. The van der Waals surface area contributed by atoms with Gasteiger partial charge in [-0.2, -0.15) is 0 Å². The van der Waals surface area contributed by atoms with Gasteiger partial charge in [-0.3, -0.25) is 29.6 Å². The van der Waals surface area contributed by atoms with E-state index in [9.17, 15) is 34.2 Å². The fourth-order valence-electron chi connectivity index (χ4n) is 4.51. The number of ether oxygens (including phenoxy) is 2. The molecule has 0 amide bonds. The molecular weight excluding hydrogens is 583 g/mol. The maximum Gasteiger partial charge on any atom is 0.338 e. The van der Waals surface area contributed by atoms with Crippen LogP contribution in [0.3, 0.4) is 0 Å². The number of hydrogen-bond acceptors (Lipinski definition) is 10. The molecule has 0 spiro atoms. The molecule has 0 bridgehead atoms. The third-order valence-corrected chi connectivity index (χ3v) is 7.44. The van der Waals surface area contributed by atoms with Crippen LogP contribution < -0.4 is 19.6 Å². The van der Waals surface area contributed by atoms with Gasteiger partial charge in [0.15, 0.2) is 4.80 Å². The Bertz CT molecular complexity index is 1980. The fourth-order valence-corrected chi connectivity index (χ4v) is 5.56. The Morgan fingerprint density at radius 2 is 1.77 bits per heavy atom. The van der Waals surface area contributed by atoms with E-state index in [4.69, 9.17) is 9.47 Å². The number of benzene rings is 3. The highest BCUT2D eigenvalue weighted by Gasteiger charge is 2.33. The quantitative estimate of drug-likeness (QED) is 0.161. The van der Waals surface area contributed by atoms with E-state index >= 15 is 0 Å². The van der Waals surface area contributed by atoms with Crippen LogP contribution in [0.1, 0.15) is 31.0 Å². The van der Waals surface area contributed by atoms with Crippen LogP contribution >= 0.6 is 11.3 Å². The third-order valence-electron chi connectivity index (χ3n) is 6.46. The highest BCUT2D eigenvalue weighted by atomic mass is 32.1. The number of thiazole rings is 1. The van der Waals surface area contributed by atoms with E-state index in [1.165, 1.54) is 41.0 Å². The number of esters is 1. The minimum atomic E-state index is -0.883. The molecule has 0 aliphatic carbocycles. The average molecular weight is 605 g/mol. The number of aromatic nitrogens is 1. The highest BCUT2D eigenvalue weighted by molar-refractivity contribution is 7.07. The number of carbonyl (C=O) groups is 1. The Labute approximate surface area is 245 Å². The van der Waals surface area contributed by atoms with Crippen molar-refractivity contribution in [1.29, 1.82) is 0 Å². The largest absolute Gasteiger partial charge is 0.463 e. The van der Waals surface area contributed by atoms with Crippen molar-refractivity contribution in [2.45, 2.75) is 19.9 Å². The van der Waals surface area contributed by atoms with Gasteiger partial charge in [0.1, 0.15) is 11.6 Å². The molecule has 1 aliphatic heterocycles. The smallest absolute Gasteiger partial charge is 0.338 e. The van der Waals surface area contributed by atoms with Crippen LogP contribution in [0.4, 0.5) is 15.8 Å². The minimum Gasteiger partial charge on any atom is -0.463 e. The van der Waals surface area contributed by atoms with Gasteiger partial charge in [0.05, 0.1) is 44.4 Å². The minimum absolute atomic E-state index is 0.118. The summed E-state index contributed by atoms with van der Waals surface area (Å²) in [5.41, 5.74) is 0.226. The van der Waals surface area contributed by atoms with Crippen LogP contribution in [0.15, 0.2) is 87.8 Å². The maximum atomic E-state index is 13.7. The van der Waals surface area contributed by atoms with Crippen molar-refractivity contribution in [3.63, 3.8) is 0 Å². The molecule has 12 nitrogen and oxygen atoms in total. The third kappa shape index (κ3) is 5.81. The van der Waals surface area contributed by atoms with E-state index in [1.807, 2.05) is 0 Å². The van der Waals surface area contributed by atoms with Gasteiger partial charge in [-0.15, -0.1) is 0 Å². The predicted molar refractivity (Wildman–Crippen MR) is 153 cm³/mol. The molecule has 0 saturated carbocycles. The lowest BCUT2D eigenvalue weighted by Gasteiger charge is -2.24. The molecule has 1 aromatic heterocycles. The molecule has 218 valence electrons. The van der Waals surface area contributed by atoms with Gasteiger partial charge in [0.2, 0.25) is 5.75 Å². The van der Waals surface area contributed by atoms with Crippen LogP contribution in [0.2, 0.25) is 0 Å². The number of rotatable bonds is 8. The predicted octanol–water partition coefficient (Wildman–Crippen LogP) is 4.55. The number of carbonyl (C=O) groups excluding carboxylic acids is 1. The zero-order valence-electron chi connectivity index (χ0n) is 22.6. The summed E-state index contributed by atoms with van der Waals surface area (Å²) < 4.78 is 26.3. The number of nitro benzene ring substituents is 2. The number of halogens is 1. The molecule has 2 heterocycles. The molecule has 0 fully saturated rings. The van der Waals surface area contributed by atoms with Gasteiger partial charge in [0.25, 0.3) is 11.2 Å². The van der Waals surface area contributed by atoms with Gasteiger partial charge >= 0.3 is 11.7 Å². The zero-order valence-corrected chi connectivity index (χ0v) is 23.4. The molecule has 1 atom stereocenters. The second-order valence-corrected chi connectivity index (χ2v) is 10.2. The van der Waals surface area contributed by atoms with Crippen LogP contribution in [0.5, 0.6) is 11.5 Å². The van der Waals surface area contributed by atoms with Crippen molar-refractivity contribution in [1.82, 2.24) is 4.57 Å². The first kappa shape index (κ1) is 29.0. The van der Waals surface area contributed by atoms with E-state index in [1.54, 1.807) is 32.1 Å². The summed E-state index contributed by atoms with van der Waals surface area (Å²) >= 11 is 1.11. The summed E-state index contributed by atoms with van der Waals surface area (Å²) in [7, 11) is 0. The van der Waals surface area contributed by atoms with Crippen LogP contribution in [0, 0.1) is 26.0 Å². The number of hydrogen-bond donors (Lipinski definition) is 0. The summed E-state index contributed by atoms with van der Waals surface area (Å²) in [6.45, 7) is 3.43. The van der Waals surface area contributed by atoms with Crippen molar-refractivity contribution < 1.29 is 28.5 Å². The summed E-state index contributed by atoms with van der Waals surface area (Å²) in [6.07, 6.45) is 1.62. The van der Waals surface area contributed by atoms with Crippen molar-refractivity contribution in [3.05, 3.63) is 135 Å². The van der Waals surface area contributed by atoms with Crippen molar-refractivity contribution in [2.75, 3.05) is 6.61 Å². The monoisotopic (exact) mass is 604 g/mol. The van der Waals surface area contributed by atoms with Crippen LogP contribution in [-0.4, -0.2) is 27.0 Å². The standard InChI is InChI=1S/C29H21FN4O8S/c1-3-41-28(36)25-16(2)31-29-32(26(25)18-6-8-19(30)9-7-18)27(35)24(43-29)14-17-4-11-21(12-5-17)42-23-13-10-20(33(37)38)15-22(23)34(39)40/h4-15,26H,3H2,1-2H3/b24-14-/t26-/m0/s1. The SMILES string of the molecule is CCOC(=O)C1=C(C)N=c2s/c(=C\c3ccc(Oc4ccc([N+](=O)[O-])cc4[N+](=O)[O-])cc3)c(=O)n2[C@H]1c1ccc(F)cc1. The first-order valence-corrected chi connectivity index (χ1v) is 13.5. The average Bonchev–Trinajstić information content (AvgIpc) is 3.27. The van der Waals surface area contributed by atoms with Gasteiger partial charge < -0.3 is 9.47 Å². The van der Waals surface area contributed by atoms with Gasteiger partial charge in [-0.1, -0.05) is 35.6 Å². The Morgan fingerprint density at radius 3 is 2.40 bits per heavy atom. The maximum absolute atomic E-state index is 13.7. The lowest BCUT2D eigenvalue weighted by atomic mass is 9.96. The van der Waals surface area contributed by atoms with E-state index in [-0.39, 0.29) is 23.7 Å². The van der Waals surface area contributed by atoms with Gasteiger partial charge in [-0.05, 0) is 61.4 Å². The Balaban J connectivity index is 1.51. The molecular formula is C29H21FN4O8S.